The zero-order valence-electron chi connectivity index (χ0n) is 24.1. The van der Waals surface area contributed by atoms with Crippen molar-refractivity contribution in [2.75, 3.05) is 0 Å². The number of rotatable bonds is 4. The standard InChI is InChI=1S/C21H25P.C7H9P.C5H10.2Ar.Fe.2Re/c1-16-8-6-12-20(14-16)22(18(3)19-10-4-5-11-19)21-13-7-9-17(2)15-21;1-6-4-2-3-5-7(6)8;1-2-4-5-3-1;;;;;/h8-9,12-15,18-19H,4-5,10-11H2,1-3H3;2-5H,8H2,1H3;1-5H2;;;;;/q-2;;;;;;;/t18-;;;;;;;/m1......./s1. The van der Waals surface area contributed by atoms with Crippen molar-refractivity contribution >= 4 is 33.1 Å². The monoisotopic (exact) mass is 1010 g/mol. The van der Waals surface area contributed by atoms with Gasteiger partial charge in [0.15, 0.2) is 0 Å². The summed E-state index contributed by atoms with van der Waals surface area (Å²) in [6, 6.07) is 28.3. The second kappa shape index (κ2) is 27.0. The van der Waals surface area contributed by atoms with E-state index in [1.807, 2.05) is 12.1 Å². The van der Waals surface area contributed by atoms with Crippen LogP contribution in [-0.2, 0) is 57.9 Å². The Hall–Kier alpha value is 2.88. The molecule has 1 unspecified atom stereocenters. The largest absolute Gasteiger partial charge is 0.183 e. The molecule has 0 spiro atoms. The van der Waals surface area contributed by atoms with Gasteiger partial charge in [-0.1, -0.05) is 90.0 Å². The van der Waals surface area contributed by atoms with Crippen LogP contribution in [0, 0.1) is 114 Å². The minimum absolute atomic E-state index is 0. The third kappa shape index (κ3) is 17.0. The quantitative estimate of drug-likeness (QED) is 0.140. The molecule has 40 heavy (non-hydrogen) atoms. The molecule has 2 saturated carbocycles. The summed E-state index contributed by atoms with van der Waals surface area (Å²) in [5, 5.41) is 4.24. The van der Waals surface area contributed by atoms with Crippen molar-refractivity contribution in [3.63, 3.8) is 0 Å². The predicted octanol–water partition coefficient (Wildman–Crippen LogP) is 8.35. The van der Waals surface area contributed by atoms with Gasteiger partial charge in [-0.3, -0.25) is 0 Å². The average molecular weight is 1010 g/mol. The van der Waals surface area contributed by atoms with Crippen molar-refractivity contribution in [3.8, 4) is 0 Å². The molecule has 0 aromatic heterocycles. The summed E-state index contributed by atoms with van der Waals surface area (Å²) in [4.78, 5) is 0. The summed E-state index contributed by atoms with van der Waals surface area (Å²) >= 11 is 0. The maximum absolute atomic E-state index is 3.35. The van der Waals surface area contributed by atoms with Crippen molar-refractivity contribution in [1.82, 2.24) is 0 Å². The van der Waals surface area contributed by atoms with Crippen molar-refractivity contribution in [1.29, 1.82) is 0 Å². The Morgan fingerprint density at radius 3 is 1.50 bits per heavy atom. The first-order valence-electron chi connectivity index (χ1n) is 13.5. The second-order valence-corrected chi connectivity index (χ2v) is 13.5. The molecule has 7 heteroatoms. The van der Waals surface area contributed by atoms with Gasteiger partial charge in [-0.05, 0) is 42.2 Å². The molecule has 2 aliphatic carbocycles. The SMILES string of the molecule is C1CCCC1.Cc1c[c-]cc(P(c2c[c-]cc(C)c2)[C@H](C)C2CCCC2)c1.Cc1ccccc1P.[Ar].[Ar].[Fe].[Re].[Re]. The Kier molecular flexibility index (Phi) is 32.0. The molecule has 0 saturated heterocycles. The van der Waals surface area contributed by atoms with Crippen LogP contribution in [-0.4, -0.2) is 5.66 Å². The fourth-order valence-corrected chi connectivity index (χ4v) is 8.45. The molecule has 226 valence electrons. The molecule has 0 aliphatic heterocycles. The van der Waals surface area contributed by atoms with Gasteiger partial charge < -0.3 is 0 Å². The fraction of sp³-hybridized carbons (Fsp3) is 0.455. The Morgan fingerprint density at radius 2 is 1.15 bits per heavy atom. The molecule has 0 N–H and O–H groups in total. The minimum Gasteiger partial charge on any atom is -0.183 e. The first-order chi connectivity index (χ1) is 17.0. The van der Waals surface area contributed by atoms with Gasteiger partial charge >= 0.3 is 0 Å². The molecule has 2 fully saturated rings. The first-order valence-corrected chi connectivity index (χ1v) is 15.5. The summed E-state index contributed by atoms with van der Waals surface area (Å²) in [5.41, 5.74) is 4.71. The maximum atomic E-state index is 3.35. The van der Waals surface area contributed by atoms with Gasteiger partial charge in [0.2, 0.25) is 0 Å². The van der Waals surface area contributed by atoms with Crippen LogP contribution in [0.1, 0.15) is 81.4 Å². The van der Waals surface area contributed by atoms with Gasteiger partial charge in [0.1, 0.15) is 0 Å². The number of aryl methyl sites for hydroxylation is 3. The zero-order chi connectivity index (χ0) is 25.0. The summed E-state index contributed by atoms with van der Waals surface area (Å²) < 4.78 is 0. The van der Waals surface area contributed by atoms with Crippen molar-refractivity contribution in [2.24, 2.45) is 5.92 Å². The summed E-state index contributed by atoms with van der Waals surface area (Å²) in [5.74, 6) is 0.882. The van der Waals surface area contributed by atoms with Gasteiger partial charge in [-0.15, -0.1) is 19.8 Å². The van der Waals surface area contributed by atoms with E-state index in [1.54, 1.807) is 0 Å². The van der Waals surface area contributed by atoms with Gasteiger partial charge in [-0.25, -0.2) is 0 Å². The molecule has 5 rings (SSSR count). The molecule has 0 nitrogen and oxygen atoms in total. The molecule has 2 aliphatic rings. The molecule has 0 bridgehead atoms. The second-order valence-electron chi connectivity index (χ2n) is 10.3. The third-order valence-corrected chi connectivity index (χ3v) is 10.8. The van der Waals surface area contributed by atoms with Crippen LogP contribution in [0.25, 0.3) is 0 Å². The van der Waals surface area contributed by atoms with E-state index in [4.69, 9.17) is 0 Å². The van der Waals surface area contributed by atoms with Gasteiger partial charge in [0.05, 0.1) is 0 Å². The van der Waals surface area contributed by atoms with E-state index in [0.717, 1.165) is 11.6 Å². The van der Waals surface area contributed by atoms with E-state index in [0.29, 0.717) is 0 Å². The molecular formula is C33H44Ar2FeP2Re2-2. The van der Waals surface area contributed by atoms with Crippen LogP contribution in [0.2, 0.25) is 0 Å². The van der Waals surface area contributed by atoms with E-state index < -0.39 is 0 Å². The zero-order valence-corrected chi connectivity index (χ0v) is 34.1. The molecule has 0 heterocycles. The van der Waals surface area contributed by atoms with Crippen LogP contribution < -0.4 is 15.9 Å². The van der Waals surface area contributed by atoms with E-state index >= 15 is 0 Å². The minimum atomic E-state index is -0.318. The van der Waals surface area contributed by atoms with Crippen molar-refractivity contribution in [3.05, 3.63) is 89.5 Å². The van der Waals surface area contributed by atoms with Gasteiger partial charge in [0, 0.05) is 133 Å². The van der Waals surface area contributed by atoms with Crippen LogP contribution in [0.4, 0.5) is 0 Å². The molecule has 3 aromatic carbocycles. The van der Waals surface area contributed by atoms with Crippen molar-refractivity contribution in [2.45, 2.75) is 91.1 Å². The maximum Gasteiger partial charge on any atom is 0 e. The van der Waals surface area contributed by atoms with E-state index in [-0.39, 0.29) is 141 Å². The van der Waals surface area contributed by atoms with Crippen LogP contribution in [0.3, 0.4) is 0 Å². The Bertz CT molecular complexity index is 970. The predicted molar refractivity (Wildman–Crippen MR) is 161 cm³/mol. The number of hydrogen-bond donors (Lipinski definition) is 0. The van der Waals surface area contributed by atoms with E-state index in [2.05, 4.69) is 97.6 Å². The van der Waals surface area contributed by atoms with Crippen LogP contribution in [0.15, 0.2) is 60.7 Å². The molecule has 3 aromatic rings. The summed E-state index contributed by atoms with van der Waals surface area (Å²) in [6.45, 7) is 8.93. The average Bonchev–Trinajstić information content (AvgIpc) is 3.59. The van der Waals surface area contributed by atoms with Crippen LogP contribution >= 0.6 is 17.2 Å². The van der Waals surface area contributed by atoms with E-state index in [9.17, 15) is 0 Å². The number of benzene rings is 3. The van der Waals surface area contributed by atoms with E-state index in [1.165, 1.54) is 90.4 Å². The van der Waals surface area contributed by atoms with Crippen molar-refractivity contribution < 1.29 is 133 Å². The van der Waals surface area contributed by atoms with Crippen LogP contribution in [0.5, 0.6) is 0 Å². The summed E-state index contributed by atoms with van der Waals surface area (Å²) in [7, 11) is 2.37. The molecule has 2 atom stereocenters. The third-order valence-electron chi connectivity index (χ3n) is 7.32. The van der Waals surface area contributed by atoms with Gasteiger partial charge in [-0.2, -0.15) is 67.6 Å². The Balaban J connectivity index is -0.000000639. The fourth-order valence-electron chi connectivity index (χ4n) is 5.17. The van der Waals surface area contributed by atoms with Gasteiger partial charge in [0.25, 0.3) is 0 Å². The topological polar surface area (TPSA) is 0 Å². The molecule has 0 amide bonds. The first kappa shape index (κ1) is 47.3. The molecule has 2 radical (unpaired) electrons. The molecular weight excluding hydrogens is 966 g/mol. The summed E-state index contributed by atoms with van der Waals surface area (Å²) in [6.07, 6.45) is 13.1. The Labute approximate surface area is 347 Å². The normalized spacial score (nSPS) is 14.2. The number of hydrogen-bond acceptors (Lipinski definition) is 0. The smallest absolute Gasteiger partial charge is 0 e. The Morgan fingerprint density at radius 1 is 0.725 bits per heavy atom.